The monoisotopic (exact) mass is 204 g/mol. The number of aromatic nitrogens is 2. The average molecular weight is 204 g/mol. The van der Waals surface area contributed by atoms with Gasteiger partial charge in [0.2, 0.25) is 0 Å². The number of rotatable bonds is 4. The summed E-state index contributed by atoms with van der Waals surface area (Å²) in [6.45, 7) is 7.65. The van der Waals surface area contributed by atoms with E-state index in [4.69, 9.17) is 0 Å². The fourth-order valence-electron chi connectivity index (χ4n) is 1.11. The van der Waals surface area contributed by atoms with E-state index in [0.717, 1.165) is 11.4 Å². The highest BCUT2D eigenvalue weighted by molar-refractivity contribution is 5.64. The number of aliphatic imine (C=N–C) groups is 1. The van der Waals surface area contributed by atoms with Crippen LogP contribution < -0.4 is 5.32 Å². The zero-order valence-electron chi connectivity index (χ0n) is 9.36. The van der Waals surface area contributed by atoms with Gasteiger partial charge in [-0.3, -0.25) is 15.0 Å². The molecule has 15 heavy (non-hydrogen) atoms. The Kier molecular flexibility index (Phi) is 3.97. The second-order valence-electron chi connectivity index (χ2n) is 3.46. The molecule has 1 rings (SSSR count). The molecule has 1 N–H and O–H groups in total. The van der Waals surface area contributed by atoms with Gasteiger partial charge in [-0.2, -0.15) is 0 Å². The number of hydrogen-bond acceptors (Lipinski definition) is 4. The molecule has 0 spiro atoms. The van der Waals surface area contributed by atoms with E-state index < -0.39 is 0 Å². The van der Waals surface area contributed by atoms with Gasteiger partial charge in [-0.05, 0) is 12.6 Å². The molecule has 80 valence electrons. The summed E-state index contributed by atoms with van der Waals surface area (Å²) in [7, 11) is 1.81. The van der Waals surface area contributed by atoms with Gasteiger partial charge in [0.15, 0.2) is 0 Å². The molecule has 4 nitrogen and oxygen atoms in total. The minimum Gasteiger partial charge on any atom is -0.392 e. The van der Waals surface area contributed by atoms with Crippen molar-refractivity contribution in [1.82, 2.24) is 15.3 Å². The Hall–Kier alpha value is -1.71. The van der Waals surface area contributed by atoms with Crippen molar-refractivity contribution in [2.75, 3.05) is 7.05 Å². The molecule has 4 heteroatoms. The number of nitrogens with zero attached hydrogens (tertiary/aromatic N) is 3. The van der Waals surface area contributed by atoms with Crippen molar-refractivity contribution >= 4 is 12.4 Å². The Balaban J connectivity index is 2.97. The van der Waals surface area contributed by atoms with E-state index in [1.165, 1.54) is 0 Å². The highest BCUT2D eigenvalue weighted by Crippen LogP contribution is 2.14. The maximum atomic E-state index is 4.31. The maximum absolute atomic E-state index is 4.31. The summed E-state index contributed by atoms with van der Waals surface area (Å²) in [5.41, 5.74) is 2.40. The Morgan fingerprint density at radius 3 is 2.60 bits per heavy atom. The molecule has 0 aliphatic rings. The Labute approximate surface area is 90.2 Å². The third-order valence-electron chi connectivity index (χ3n) is 1.98. The van der Waals surface area contributed by atoms with Gasteiger partial charge in [-0.1, -0.05) is 13.8 Å². The molecular weight excluding hydrogens is 188 g/mol. The molecule has 0 aliphatic heterocycles. The minimum absolute atomic E-state index is 0.389. The lowest BCUT2D eigenvalue weighted by Crippen LogP contribution is -1.99. The van der Waals surface area contributed by atoms with Gasteiger partial charge in [0.05, 0.1) is 11.9 Å². The summed E-state index contributed by atoms with van der Waals surface area (Å²) in [4.78, 5) is 12.5. The van der Waals surface area contributed by atoms with Gasteiger partial charge in [0.25, 0.3) is 0 Å². The SMILES string of the molecule is C=N/C(=C\NC)c1cnc(C(C)C)cn1. The summed E-state index contributed by atoms with van der Waals surface area (Å²) in [5, 5.41) is 2.89. The molecule has 1 heterocycles. The van der Waals surface area contributed by atoms with E-state index >= 15 is 0 Å². The second-order valence-corrected chi connectivity index (χ2v) is 3.46. The second kappa shape index (κ2) is 5.24. The fraction of sp³-hybridized carbons (Fsp3) is 0.364. The van der Waals surface area contributed by atoms with Crippen molar-refractivity contribution in [1.29, 1.82) is 0 Å². The van der Waals surface area contributed by atoms with Crippen LogP contribution >= 0.6 is 0 Å². The van der Waals surface area contributed by atoms with Crippen LogP contribution in [0.2, 0.25) is 0 Å². The third-order valence-corrected chi connectivity index (χ3v) is 1.98. The van der Waals surface area contributed by atoms with Gasteiger partial charge < -0.3 is 5.32 Å². The van der Waals surface area contributed by atoms with Gasteiger partial charge >= 0.3 is 0 Å². The van der Waals surface area contributed by atoms with E-state index in [2.05, 4.69) is 40.8 Å². The Morgan fingerprint density at radius 1 is 1.47 bits per heavy atom. The van der Waals surface area contributed by atoms with Crippen molar-refractivity contribution < 1.29 is 0 Å². The largest absolute Gasteiger partial charge is 0.392 e. The zero-order chi connectivity index (χ0) is 11.3. The van der Waals surface area contributed by atoms with Crippen LogP contribution in [0.1, 0.15) is 31.2 Å². The topological polar surface area (TPSA) is 50.2 Å². The van der Waals surface area contributed by atoms with Crippen LogP contribution in [0.3, 0.4) is 0 Å². The molecule has 1 aromatic heterocycles. The smallest absolute Gasteiger partial charge is 0.108 e. The van der Waals surface area contributed by atoms with Crippen molar-refractivity contribution in [2.45, 2.75) is 19.8 Å². The van der Waals surface area contributed by atoms with Crippen LogP contribution in [-0.4, -0.2) is 23.7 Å². The molecule has 0 atom stereocenters. The highest BCUT2D eigenvalue weighted by atomic mass is 14.9. The maximum Gasteiger partial charge on any atom is 0.108 e. The lowest BCUT2D eigenvalue weighted by molar-refractivity contribution is 0.809. The molecular formula is C11H16N4. The zero-order valence-corrected chi connectivity index (χ0v) is 9.36. The molecule has 0 fully saturated rings. The minimum atomic E-state index is 0.389. The fourth-order valence-corrected chi connectivity index (χ4v) is 1.11. The Morgan fingerprint density at radius 2 is 2.20 bits per heavy atom. The van der Waals surface area contributed by atoms with Crippen LogP contribution in [0.4, 0.5) is 0 Å². The predicted molar refractivity (Wildman–Crippen MR) is 62.7 cm³/mol. The molecule has 0 amide bonds. The van der Waals surface area contributed by atoms with Gasteiger partial charge in [-0.25, -0.2) is 0 Å². The van der Waals surface area contributed by atoms with E-state index in [9.17, 15) is 0 Å². The Bertz CT molecular complexity index is 351. The molecule has 0 unspecified atom stereocenters. The molecule has 0 saturated carbocycles. The summed E-state index contributed by atoms with van der Waals surface area (Å²) < 4.78 is 0. The summed E-state index contributed by atoms with van der Waals surface area (Å²) in [6.07, 6.45) is 5.23. The third kappa shape index (κ3) is 2.87. The van der Waals surface area contributed by atoms with Crippen molar-refractivity contribution in [3.63, 3.8) is 0 Å². The van der Waals surface area contributed by atoms with E-state index in [0.29, 0.717) is 11.6 Å². The first-order valence-electron chi connectivity index (χ1n) is 4.85. The molecule has 1 aromatic rings. The van der Waals surface area contributed by atoms with Crippen molar-refractivity contribution in [2.24, 2.45) is 4.99 Å². The molecule has 0 radical (unpaired) electrons. The van der Waals surface area contributed by atoms with E-state index in [1.807, 2.05) is 0 Å². The van der Waals surface area contributed by atoms with Crippen molar-refractivity contribution in [3.8, 4) is 0 Å². The number of hydrogen-bond donors (Lipinski definition) is 1. The molecule has 0 bridgehead atoms. The van der Waals surface area contributed by atoms with Crippen LogP contribution in [0.15, 0.2) is 23.6 Å². The first kappa shape index (κ1) is 11.4. The quantitative estimate of drug-likeness (QED) is 0.761. The van der Waals surface area contributed by atoms with Crippen LogP contribution in [0.5, 0.6) is 0 Å². The summed E-state index contributed by atoms with van der Waals surface area (Å²) >= 11 is 0. The van der Waals surface area contributed by atoms with Gasteiger partial charge in [-0.15, -0.1) is 0 Å². The molecule has 0 saturated heterocycles. The van der Waals surface area contributed by atoms with Crippen LogP contribution in [0.25, 0.3) is 5.70 Å². The molecule has 0 aliphatic carbocycles. The first-order valence-corrected chi connectivity index (χ1v) is 4.85. The van der Waals surface area contributed by atoms with E-state index in [1.54, 1.807) is 25.6 Å². The average Bonchev–Trinajstić information content (AvgIpc) is 2.26. The standard InChI is InChI=1S/C11H16N4/c1-8(2)9-6-15-11(7-14-9)10(13-4)5-12-3/h5-8,12H,4H2,1-3H3/b10-5-. The van der Waals surface area contributed by atoms with Crippen molar-refractivity contribution in [3.05, 3.63) is 30.0 Å². The lowest BCUT2D eigenvalue weighted by atomic mass is 10.1. The first-order chi connectivity index (χ1) is 7.19. The highest BCUT2D eigenvalue weighted by Gasteiger charge is 2.04. The van der Waals surface area contributed by atoms with Crippen LogP contribution in [-0.2, 0) is 0 Å². The van der Waals surface area contributed by atoms with Gasteiger partial charge in [0, 0.05) is 19.4 Å². The number of nitrogens with one attached hydrogen (secondary N) is 1. The van der Waals surface area contributed by atoms with Crippen LogP contribution in [0, 0.1) is 0 Å². The molecule has 0 aromatic carbocycles. The normalized spacial score (nSPS) is 11.6. The predicted octanol–water partition coefficient (Wildman–Crippen LogP) is 1.82. The summed E-state index contributed by atoms with van der Waals surface area (Å²) in [6, 6.07) is 0. The van der Waals surface area contributed by atoms with E-state index in [-0.39, 0.29) is 0 Å². The van der Waals surface area contributed by atoms with Gasteiger partial charge in [0.1, 0.15) is 11.4 Å². The summed E-state index contributed by atoms with van der Waals surface area (Å²) in [5.74, 6) is 0.389. The lowest BCUT2D eigenvalue weighted by Gasteiger charge is -2.05.